The molecule has 2 aromatic rings. The van der Waals surface area contributed by atoms with Crippen LogP contribution in [0.1, 0.15) is 78.5 Å². The second-order valence-corrected chi connectivity index (χ2v) is 10.5. The molecule has 0 unspecified atom stereocenters. The van der Waals surface area contributed by atoms with E-state index in [-0.39, 0.29) is 18.5 Å². The molecule has 0 aliphatic heterocycles. The minimum absolute atomic E-state index is 0.200. The number of anilines is 1. The minimum Gasteiger partial charge on any atom is -0.460 e. The van der Waals surface area contributed by atoms with Crippen molar-refractivity contribution in [3.8, 4) is 5.75 Å². The first-order valence-corrected chi connectivity index (χ1v) is 12.2. The van der Waals surface area contributed by atoms with Crippen LogP contribution in [0.2, 0.25) is 0 Å². The molecular formula is C29H41NO4. The van der Waals surface area contributed by atoms with Crippen LogP contribution in [0.5, 0.6) is 5.75 Å². The lowest BCUT2D eigenvalue weighted by molar-refractivity contribution is -0.154. The van der Waals surface area contributed by atoms with E-state index in [9.17, 15) is 9.59 Å². The Morgan fingerprint density at radius 2 is 1.59 bits per heavy atom. The van der Waals surface area contributed by atoms with Gasteiger partial charge in [0.2, 0.25) is 0 Å². The fourth-order valence-electron chi connectivity index (χ4n) is 4.09. The van der Waals surface area contributed by atoms with E-state index in [1.165, 1.54) is 18.2 Å². The molecule has 186 valence electrons. The Morgan fingerprint density at radius 1 is 0.912 bits per heavy atom. The van der Waals surface area contributed by atoms with Gasteiger partial charge in [0.05, 0.1) is 5.41 Å². The molecule has 0 radical (unpaired) electrons. The summed E-state index contributed by atoms with van der Waals surface area (Å²) < 4.78 is 10.9. The van der Waals surface area contributed by atoms with E-state index in [1.54, 1.807) is 6.07 Å². The van der Waals surface area contributed by atoms with Crippen molar-refractivity contribution in [2.75, 3.05) is 4.90 Å². The highest BCUT2D eigenvalue weighted by atomic mass is 16.5. The highest BCUT2D eigenvalue weighted by Crippen LogP contribution is 2.26. The first-order chi connectivity index (χ1) is 15.9. The van der Waals surface area contributed by atoms with Gasteiger partial charge in [-0.2, -0.15) is 0 Å². The molecule has 0 spiro atoms. The zero-order chi connectivity index (χ0) is 25.5. The molecule has 0 aliphatic rings. The van der Waals surface area contributed by atoms with Gasteiger partial charge in [0, 0.05) is 24.7 Å². The topological polar surface area (TPSA) is 55.8 Å². The van der Waals surface area contributed by atoms with Gasteiger partial charge in [-0.1, -0.05) is 18.2 Å². The molecule has 0 saturated carbocycles. The van der Waals surface area contributed by atoms with E-state index in [0.717, 1.165) is 30.4 Å². The van der Waals surface area contributed by atoms with E-state index >= 15 is 0 Å². The van der Waals surface area contributed by atoms with E-state index in [0.29, 0.717) is 17.8 Å². The first kappa shape index (κ1) is 27.4. The van der Waals surface area contributed by atoms with Gasteiger partial charge in [-0.15, -0.1) is 0 Å². The summed E-state index contributed by atoms with van der Waals surface area (Å²) in [4.78, 5) is 26.1. The van der Waals surface area contributed by atoms with Crippen LogP contribution in [-0.4, -0.2) is 24.0 Å². The standard InChI is InChI=1S/C29H41NO4/c1-20(2)30(21(3)4)26-14-10-12-23(18-26)11-9-13-25-17-24(15-16-27(25)34-22(5)31)19-33-28(32)29(6,7)8/h10,12,14-18,20-21H,9,11,13,19H2,1-8H3. The molecule has 0 aliphatic carbocycles. The van der Waals surface area contributed by atoms with Crippen LogP contribution in [0.15, 0.2) is 42.5 Å². The summed E-state index contributed by atoms with van der Waals surface area (Å²) in [6.45, 7) is 16.0. The van der Waals surface area contributed by atoms with Crippen LogP contribution >= 0.6 is 0 Å². The van der Waals surface area contributed by atoms with Crippen LogP contribution in [0.25, 0.3) is 0 Å². The third kappa shape index (κ3) is 8.19. The second-order valence-electron chi connectivity index (χ2n) is 10.5. The van der Waals surface area contributed by atoms with E-state index in [4.69, 9.17) is 9.47 Å². The lowest BCUT2D eigenvalue weighted by Gasteiger charge is -2.33. The summed E-state index contributed by atoms with van der Waals surface area (Å²) in [5.74, 6) is -0.0175. The summed E-state index contributed by atoms with van der Waals surface area (Å²) >= 11 is 0. The molecule has 5 heteroatoms. The fourth-order valence-corrected chi connectivity index (χ4v) is 4.09. The normalized spacial score (nSPS) is 11.6. The van der Waals surface area contributed by atoms with Crippen LogP contribution in [-0.2, 0) is 33.8 Å². The average Bonchev–Trinajstić information content (AvgIpc) is 2.72. The molecule has 0 N–H and O–H groups in total. The summed E-state index contributed by atoms with van der Waals surface area (Å²) in [5.41, 5.74) is 3.81. The second kappa shape index (κ2) is 12.0. The van der Waals surface area contributed by atoms with Crippen molar-refractivity contribution in [2.45, 2.75) is 93.3 Å². The van der Waals surface area contributed by atoms with Crippen LogP contribution in [0.4, 0.5) is 5.69 Å². The van der Waals surface area contributed by atoms with Crippen LogP contribution in [0.3, 0.4) is 0 Å². The van der Waals surface area contributed by atoms with Gasteiger partial charge in [0.15, 0.2) is 0 Å². The Kier molecular flexibility index (Phi) is 9.72. The Hall–Kier alpha value is -2.82. The Bertz CT molecular complexity index is 964. The number of ether oxygens (including phenoxy) is 2. The summed E-state index contributed by atoms with van der Waals surface area (Å²) in [5, 5.41) is 0. The van der Waals surface area contributed by atoms with Gasteiger partial charge >= 0.3 is 11.9 Å². The number of benzene rings is 2. The molecule has 0 aromatic heterocycles. The Labute approximate surface area is 205 Å². The number of aryl methyl sites for hydroxylation is 2. The molecule has 0 bridgehead atoms. The van der Waals surface area contributed by atoms with Crippen molar-refractivity contribution in [3.63, 3.8) is 0 Å². The monoisotopic (exact) mass is 467 g/mol. The van der Waals surface area contributed by atoms with E-state index < -0.39 is 5.41 Å². The molecule has 0 fully saturated rings. The van der Waals surface area contributed by atoms with Gasteiger partial charge in [-0.05, 0) is 109 Å². The molecule has 0 amide bonds. The van der Waals surface area contributed by atoms with Gasteiger partial charge in [0.25, 0.3) is 0 Å². The maximum Gasteiger partial charge on any atom is 0.311 e. The minimum atomic E-state index is -0.546. The number of hydrogen-bond donors (Lipinski definition) is 0. The lowest BCUT2D eigenvalue weighted by Crippen LogP contribution is -2.36. The molecule has 5 nitrogen and oxygen atoms in total. The molecule has 2 aromatic carbocycles. The predicted octanol–water partition coefficient (Wildman–Crippen LogP) is 6.50. The smallest absolute Gasteiger partial charge is 0.311 e. The van der Waals surface area contributed by atoms with Crippen molar-refractivity contribution >= 4 is 17.6 Å². The number of hydrogen-bond acceptors (Lipinski definition) is 5. The zero-order valence-electron chi connectivity index (χ0n) is 22.1. The number of rotatable bonds is 10. The SMILES string of the molecule is CC(=O)Oc1ccc(COC(=O)C(C)(C)C)cc1CCCc1cccc(N(C(C)C)C(C)C)c1. The summed E-state index contributed by atoms with van der Waals surface area (Å²) in [7, 11) is 0. The Balaban J connectivity index is 2.12. The van der Waals surface area contributed by atoms with E-state index in [2.05, 4.69) is 56.9 Å². The predicted molar refractivity (Wildman–Crippen MR) is 138 cm³/mol. The third-order valence-corrected chi connectivity index (χ3v) is 5.59. The molecule has 0 heterocycles. The molecule has 34 heavy (non-hydrogen) atoms. The van der Waals surface area contributed by atoms with E-state index in [1.807, 2.05) is 32.9 Å². The number of esters is 2. The van der Waals surface area contributed by atoms with Gasteiger partial charge in [0.1, 0.15) is 12.4 Å². The molecule has 2 rings (SSSR count). The van der Waals surface area contributed by atoms with Crippen LogP contribution < -0.4 is 9.64 Å². The summed E-state index contributed by atoms with van der Waals surface area (Å²) in [6.07, 6.45) is 2.58. The highest BCUT2D eigenvalue weighted by molar-refractivity contribution is 5.75. The number of carbonyl (C=O) groups excluding carboxylic acids is 2. The largest absolute Gasteiger partial charge is 0.460 e. The zero-order valence-corrected chi connectivity index (χ0v) is 22.1. The quantitative estimate of drug-likeness (QED) is 0.295. The van der Waals surface area contributed by atoms with Crippen molar-refractivity contribution in [3.05, 3.63) is 59.2 Å². The molecule has 0 atom stereocenters. The average molecular weight is 468 g/mol. The number of carbonyl (C=O) groups is 2. The van der Waals surface area contributed by atoms with Crippen molar-refractivity contribution in [1.29, 1.82) is 0 Å². The van der Waals surface area contributed by atoms with Gasteiger partial charge < -0.3 is 14.4 Å². The highest BCUT2D eigenvalue weighted by Gasteiger charge is 2.23. The fraction of sp³-hybridized carbons (Fsp3) is 0.517. The summed E-state index contributed by atoms with van der Waals surface area (Å²) in [6, 6.07) is 15.2. The van der Waals surface area contributed by atoms with Crippen molar-refractivity contribution in [1.82, 2.24) is 0 Å². The number of nitrogens with zero attached hydrogens (tertiary/aromatic N) is 1. The lowest BCUT2D eigenvalue weighted by atomic mass is 9.97. The van der Waals surface area contributed by atoms with Crippen molar-refractivity contribution < 1.29 is 19.1 Å². The first-order valence-electron chi connectivity index (χ1n) is 12.2. The Morgan fingerprint density at radius 3 is 2.18 bits per heavy atom. The maximum absolute atomic E-state index is 12.1. The molecule has 0 saturated heterocycles. The maximum atomic E-state index is 12.1. The van der Waals surface area contributed by atoms with Crippen LogP contribution in [0, 0.1) is 5.41 Å². The van der Waals surface area contributed by atoms with Gasteiger partial charge in [-0.25, -0.2) is 0 Å². The van der Waals surface area contributed by atoms with Gasteiger partial charge in [-0.3, -0.25) is 9.59 Å². The third-order valence-electron chi connectivity index (χ3n) is 5.59. The molecular weight excluding hydrogens is 426 g/mol. The van der Waals surface area contributed by atoms with Crippen molar-refractivity contribution in [2.24, 2.45) is 5.41 Å².